The Morgan fingerprint density at radius 2 is 2.12 bits per heavy atom. The summed E-state index contributed by atoms with van der Waals surface area (Å²) >= 11 is 0. The molecule has 0 fully saturated rings. The second-order valence-corrected chi connectivity index (χ2v) is 6.34. The van der Waals surface area contributed by atoms with Crippen LogP contribution in [0.1, 0.15) is 29.3 Å². The van der Waals surface area contributed by atoms with Gasteiger partial charge in [0.2, 0.25) is 0 Å². The monoisotopic (exact) mass is 349 g/mol. The van der Waals surface area contributed by atoms with Crippen LogP contribution in [0.5, 0.6) is 0 Å². The average molecular weight is 349 g/mol. The maximum atomic E-state index is 12.9. The highest BCUT2D eigenvalue weighted by Gasteiger charge is 2.36. The zero-order valence-corrected chi connectivity index (χ0v) is 14.7. The molecule has 1 aliphatic rings. The number of hydrogen-bond acceptors (Lipinski definition) is 4. The zero-order valence-electron chi connectivity index (χ0n) is 14.7. The Kier molecular flexibility index (Phi) is 3.95. The molecule has 4 rings (SSSR count). The fourth-order valence-electron chi connectivity index (χ4n) is 3.55. The molecule has 0 N–H and O–H groups in total. The van der Waals surface area contributed by atoms with E-state index in [1.54, 1.807) is 15.6 Å². The normalized spacial score (nSPS) is 14.5. The van der Waals surface area contributed by atoms with Crippen LogP contribution in [0, 0.1) is 0 Å². The van der Waals surface area contributed by atoms with Gasteiger partial charge in [-0.3, -0.25) is 4.79 Å². The third-order valence-electron chi connectivity index (χ3n) is 4.92. The quantitative estimate of drug-likeness (QED) is 0.680. The van der Waals surface area contributed by atoms with Crippen LogP contribution in [-0.4, -0.2) is 39.5 Å². The summed E-state index contributed by atoms with van der Waals surface area (Å²) in [6, 6.07) is 11.2. The maximum Gasteiger partial charge on any atom is 0.328 e. The van der Waals surface area contributed by atoms with Crippen LogP contribution < -0.4 is 0 Å². The summed E-state index contributed by atoms with van der Waals surface area (Å²) in [7, 11) is 1.35. The molecule has 26 heavy (non-hydrogen) atoms. The summed E-state index contributed by atoms with van der Waals surface area (Å²) < 4.78 is 6.66. The van der Waals surface area contributed by atoms with Crippen LogP contribution in [-0.2, 0) is 16.1 Å². The number of esters is 1. The fraction of sp³-hybridized carbons (Fsp3) is 0.250. The molecular weight excluding hydrogens is 330 g/mol. The smallest absolute Gasteiger partial charge is 0.328 e. The number of benzene rings is 1. The highest BCUT2D eigenvalue weighted by molar-refractivity contribution is 6.02. The Morgan fingerprint density at radius 3 is 2.88 bits per heavy atom. The van der Waals surface area contributed by atoms with Crippen molar-refractivity contribution in [3.8, 4) is 11.1 Å². The van der Waals surface area contributed by atoms with Gasteiger partial charge in [-0.15, -0.1) is 0 Å². The predicted molar refractivity (Wildman–Crippen MR) is 96.6 cm³/mol. The predicted octanol–water partition coefficient (Wildman–Crippen LogP) is 2.91. The Morgan fingerprint density at radius 1 is 1.27 bits per heavy atom. The van der Waals surface area contributed by atoms with Crippen molar-refractivity contribution in [3.05, 3.63) is 59.9 Å². The van der Waals surface area contributed by atoms with E-state index >= 15 is 0 Å². The molecule has 3 heterocycles. The van der Waals surface area contributed by atoms with Crippen molar-refractivity contribution in [3.63, 3.8) is 0 Å². The summed E-state index contributed by atoms with van der Waals surface area (Å²) in [5.41, 5.74) is 4.46. The molecule has 0 radical (unpaired) electrons. The molecule has 6 nitrogen and oxygen atoms in total. The number of fused-ring (bicyclic) bond motifs is 2. The van der Waals surface area contributed by atoms with Gasteiger partial charge < -0.3 is 9.64 Å². The van der Waals surface area contributed by atoms with Crippen molar-refractivity contribution in [2.24, 2.45) is 0 Å². The van der Waals surface area contributed by atoms with Crippen LogP contribution in [0.4, 0.5) is 0 Å². The minimum Gasteiger partial charge on any atom is -0.467 e. The van der Waals surface area contributed by atoms with E-state index in [4.69, 9.17) is 4.74 Å². The number of carbonyl (C=O) groups is 2. The first-order valence-electron chi connectivity index (χ1n) is 8.58. The molecule has 0 spiro atoms. The van der Waals surface area contributed by atoms with Crippen LogP contribution in [0.3, 0.4) is 0 Å². The van der Waals surface area contributed by atoms with Gasteiger partial charge in [0.15, 0.2) is 0 Å². The third kappa shape index (κ3) is 2.45. The molecule has 0 bridgehead atoms. The van der Waals surface area contributed by atoms with Crippen LogP contribution in [0.2, 0.25) is 0 Å². The molecule has 1 aromatic carbocycles. The number of pyridine rings is 1. The van der Waals surface area contributed by atoms with E-state index in [9.17, 15) is 9.59 Å². The number of hydrogen-bond donors (Lipinski definition) is 0. The van der Waals surface area contributed by atoms with E-state index in [0.29, 0.717) is 18.5 Å². The molecular formula is C20H19N3O3. The average Bonchev–Trinajstić information content (AvgIpc) is 3.24. The van der Waals surface area contributed by atoms with E-state index in [0.717, 1.165) is 22.2 Å². The molecule has 0 aliphatic carbocycles. The number of amides is 1. The Bertz CT molecular complexity index is 1010. The number of rotatable bonds is 4. The molecule has 1 unspecified atom stereocenters. The number of carbonyl (C=O) groups excluding carboxylic acids is 2. The van der Waals surface area contributed by atoms with Gasteiger partial charge in [0.1, 0.15) is 6.04 Å². The van der Waals surface area contributed by atoms with Gasteiger partial charge in [0.25, 0.3) is 5.91 Å². The first kappa shape index (κ1) is 16.3. The van der Waals surface area contributed by atoms with E-state index in [1.165, 1.54) is 7.11 Å². The van der Waals surface area contributed by atoms with Crippen molar-refractivity contribution in [2.45, 2.75) is 25.9 Å². The van der Waals surface area contributed by atoms with E-state index in [-0.39, 0.29) is 11.9 Å². The summed E-state index contributed by atoms with van der Waals surface area (Å²) in [6.45, 7) is 2.30. The largest absolute Gasteiger partial charge is 0.467 e. The molecule has 2 aromatic heterocycles. The Hall–Kier alpha value is -3.15. The maximum absolute atomic E-state index is 12.9. The van der Waals surface area contributed by atoms with Gasteiger partial charge in [0, 0.05) is 23.9 Å². The molecule has 0 saturated heterocycles. The second kappa shape index (κ2) is 6.29. The molecule has 1 aliphatic heterocycles. The molecule has 6 heteroatoms. The number of nitrogens with zero attached hydrogens (tertiary/aromatic N) is 3. The minimum atomic E-state index is -0.555. The lowest BCUT2D eigenvalue weighted by atomic mass is 10.0. The van der Waals surface area contributed by atoms with Crippen LogP contribution >= 0.6 is 0 Å². The summed E-state index contributed by atoms with van der Waals surface area (Å²) in [4.78, 5) is 26.5. The number of aromatic nitrogens is 2. The van der Waals surface area contributed by atoms with Crippen LogP contribution in [0.15, 0.2) is 48.8 Å². The van der Waals surface area contributed by atoms with Crippen molar-refractivity contribution < 1.29 is 14.3 Å². The van der Waals surface area contributed by atoms with Crippen molar-refractivity contribution in [2.75, 3.05) is 7.11 Å². The van der Waals surface area contributed by atoms with Gasteiger partial charge >= 0.3 is 5.97 Å². The first-order valence-corrected chi connectivity index (χ1v) is 8.58. The van der Waals surface area contributed by atoms with Gasteiger partial charge in [-0.2, -0.15) is 5.10 Å². The Balaban J connectivity index is 1.72. The molecule has 1 atom stereocenters. The lowest BCUT2D eigenvalue weighted by Gasteiger charge is -2.24. The number of ether oxygens (including phenoxy) is 1. The van der Waals surface area contributed by atoms with Crippen molar-refractivity contribution in [1.29, 1.82) is 0 Å². The second-order valence-electron chi connectivity index (χ2n) is 6.34. The molecule has 132 valence electrons. The topological polar surface area (TPSA) is 63.9 Å². The van der Waals surface area contributed by atoms with E-state index in [1.807, 2.05) is 49.5 Å². The number of methoxy groups -OCH3 is 1. The third-order valence-corrected chi connectivity index (χ3v) is 4.92. The minimum absolute atomic E-state index is 0.129. The summed E-state index contributed by atoms with van der Waals surface area (Å²) in [5, 5.41) is 4.36. The Labute approximate surface area is 151 Å². The van der Waals surface area contributed by atoms with Gasteiger partial charge in [-0.05, 0) is 35.7 Å². The molecule has 0 saturated carbocycles. The van der Waals surface area contributed by atoms with E-state index in [2.05, 4.69) is 5.10 Å². The lowest BCUT2D eigenvalue weighted by molar-refractivity contribution is -0.146. The SMILES string of the molecule is CCC(C(=O)OC)N1Cc2ccc(-c3cnn4ccccc34)cc2C1=O. The van der Waals surface area contributed by atoms with Gasteiger partial charge in [-0.25, -0.2) is 9.31 Å². The first-order chi connectivity index (χ1) is 12.6. The fourth-order valence-corrected chi connectivity index (χ4v) is 3.55. The van der Waals surface area contributed by atoms with E-state index < -0.39 is 6.04 Å². The summed E-state index contributed by atoms with van der Waals surface area (Å²) in [5.74, 6) is -0.507. The molecule has 3 aromatic rings. The lowest BCUT2D eigenvalue weighted by Crippen LogP contribution is -2.41. The van der Waals surface area contributed by atoms with Gasteiger partial charge in [-0.1, -0.05) is 25.1 Å². The van der Waals surface area contributed by atoms with Gasteiger partial charge in [0.05, 0.1) is 18.8 Å². The van der Waals surface area contributed by atoms with Crippen LogP contribution in [0.25, 0.3) is 16.6 Å². The van der Waals surface area contributed by atoms with Crippen molar-refractivity contribution >= 4 is 17.4 Å². The highest BCUT2D eigenvalue weighted by Crippen LogP contribution is 2.32. The zero-order chi connectivity index (χ0) is 18.3. The standard InChI is InChI=1S/C20H19N3O3/c1-3-17(20(25)26-2)22-12-14-8-7-13(10-15(14)19(22)24)16-11-21-23-9-5-4-6-18(16)23/h4-11,17H,3,12H2,1-2H3. The summed E-state index contributed by atoms with van der Waals surface area (Å²) in [6.07, 6.45) is 4.21. The van der Waals surface area contributed by atoms with Crippen molar-refractivity contribution in [1.82, 2.24) is 14.5 Å². The highest BCUT2D eigenvalue weighted by atomic mass is 16.5. The molecule has 1 amide bonds.